The summed E-state index contributed by atoms with van der Waals surface area (Å²) < 4.78 is 5.35. The minimum Gasteiger partial charge on any atom is -0.494 e. The third-order valence-electron chi connectivity index (χ3n) is 3.42. The van der Waals surface area contributed by atoms with E-state index < -0.39 is 0 Å². The van der Waals surface area contributed by atoms with Crippen molar-refractivity contribution < 1.29 is 14.3 Å². The third kappa shape index (κ3) is 4.91. The van der Waals surface area contributed by atoms with E-state index in [2.05, 4.69) is 16.0 Å². The number of hydrogen-bond donors (Lipinski definition) is 3. The predicted molar refractivity (Wildman–Crippen MR) is 113 cm³/mol. The SMILES string of the molecule is COc1cc(NC(=S)NC(=O)c2cccs2)ccc1NC(=O)c1cccs1. The molecule has 0 fully saturated rings. The molecule has 0 saturated carbocycles. The van der Waals surface area contributed by atoms with Gasteiger partial charge in [0.1, 0.15) is 5.75 Å². The molecule has 0 saturated heterocycles. The molecule has 2 aromatic heterocycles. The Kier molecular flexibility index (Phi) is 6.17. The number of carbonyl (C=O) groups is 2. The third-order valence-corrected chi connectivity index (χ3v) is 5.37. The van der Waals surface area contributed by atoms with E-state index in [0.29, 0.717) is 26.9 Å². The number of thiophene rings is 2. The van der Waals surface area contributed by atoms with Gasteiger partial charge in [0.05, 0.1) is 22.6 Å². The lowest BCUT2D eigenvalue weighted by Gasteiger charge is -2.13. The van der Waals surface area contributed by atoms with Gasteiger partial charge in [0.25, 0.3) is 11.8 Å². The summed E-state index contributed by atoms with van der Waals surface area (Å²) in [6.45, 7) is 0. The Hall–Kier alpha value is -2.75. The van der Waals surface area contributed by atoms with Crippen LogP contribution in [0.1, 0.15) is 19.3 Å². The maximum Gasteiger partial charge on any atom is 0.267 e. The van der Waals surface area contributed by atoms with Crippen LogP contribution in [0.4, 0.5) is 11.4 Å². The van der Waals surface area contributed by atoms with Crippen LogP contribution in [0.5, 0.6) is 5.75 Å². The first-order valence-electron chi connectivity index (χ1n) is 7.75. The van der Waals surface area contributed by atoms with Crippen LogP contribution in [0, 0.1) is 0 Å². The van der Waals surface area contributed by atoms with Gasteiger partial charge in [-0.1, -0.05) is 12.1 Å². The number of amides is 2. The first kappa shape index (κ1) is 19.0. The van der Waals surface area contributed by atoms with Gasteiger partial charge in [0, 0.05) is 11.8 Å². The number of ether oxygens (including phenoxy) is 1. The molecular formula is C18H15N3O3S3. The fourth-order valence-electron chi connectivity index (χ4n) is 2.20. The van der Waals surface area contributed by atoms with Gasteiger partial charge in [-0.3, -0.25) is 14.9 Å². The topological polar surface area (TPSA) is 79.5 Å². The lowest BCUT2D eigenvalue weighted by atomic mass is 10.2. The lowest BCUT2D eigenvalue weighted by molar-refractivity contribution is 0.0980. The summed E-state index contributed by atoms with van der Waals surface area (Å²) >= 11 is 7.87. The summed E-state index contributed by atoms with van der Waals surface area (Å²) in [7, 11) is 1.51. The molecule has 3 aromatic rings. The van der Waals surface area contributed by atoms with Crippen molar-refractivity contribution in [2.75, 3.05) is 17.7 Å². The van der Waals surface area contributed by atoms with Crippen LogP contribution < -0.4 is 20.7 Å². The van der Waals surface area contributed by atoms with Gasteiger partial charge >= 0.3 is 0 Å². The normalized spacial score (nSPS) is 10.1. The van der Waals surface area contributed by atoms with Gasteiger partial charge in [-0.05, 0) is 47.2 Å². The summed E-state index contributed by atoms with van der Waals surface area (Å²) in [6.07, 6.45) is 0. The fourth-order valence-corrected chi connectivity index (χ4v) is 3.65. The second-order valence-electron chi connectivity index (χ2n) is 5.23. The Morgan fingerprint density at radius 2 is 1.63 bits per heavy atom. The van der Waals surface area contributed by atoms with Crippen LogP contribution >= 0.6 is 34.9 Å². The van der Waals surface area contributed by atoms with Gasteiger partial charge in [-0.25, -0.2) is 0 Å². The zero-order chi connectivity index (χ0) is 19.2. The number of thiocarbonyl (C=S) groups is 1. The molecule has 1 aromatic carbocycles. The Balaban J connectivity index is 1.65. The Morgan fingerprint density at radius 3 is 2.22 bits per heavy atom. The van der Waals surface area contributed by atoms with Crippen molar-refractivity contribution in [1.29, 1.82) is 0 Å². The zero-order valence-corrected chi connectivity index (χ0v) is 16.6. The average molecular weight is 418 g/mol. The maximum atomic E-state index is 12.2. The summed E-state index contributed by atoms with van der Waals surface area (Å²) in [4.78, 5) is 25.4. The number of benzene rings is 1. The van der Waals surface area contributed by atoms with Crippen molar-refractivity contribution in [3.8, 4) is 5.75 Å². The van der Waals surface area contributed by atoms with Crippen LogP contribution in [-0.2, 0) is 0 Å². The van der Waals surface area contributed by atoms with Crippen molar-refractivity contribution in [3.05, 3.63) is 63.0 Å². The molecule has 27 heavy (non-hydrogen) atoms. The number of anilines is 2. The smallest absolute Gasteiger partial charge is 0.267 e. The highest BCUT2D eigenvalue weighted by Crippen LogP contribution is 2.28. The average Bonchev–Trinajstić information content (AvgIpc) is 3.36. The molecule has 2 amide bonds. The molecule has 0 radical (unpaired) electrons. The Morgan fingerprint density at radius 1 is 0.963 bits per heavy atom. The number of hydrogen-bond acceptors (Lipinski definition) is 6. The van der Waals surface area contributed by atoms with E-state index in [9.17, 15) is 9.59 Å². The van der Waals surface area contributed by atoms with Gasteiger partial charge in [0.15, 0.2) is 5.11 Å². The van der Waals surface area contributed by atoms with E-state index >= 15 is 0 Å². The van der Waals surface area contributed by atoms with Crippen LogP contribution in [0.15, 0.2) is 53.2 Å². The van der Waals surface area contributed by atoms with E-state index in [4.69, 9.17) is 17.0 Å². The Labute approximate surface area is 169 Å². The summed E-state index contributed by atoms with van der Waals surface area (Å²) in [6, 6.07) is 12.2. The second kappa shape index (κ2) is 8.76. The van der Waals surface area contributed by atoms with Crippen LogP contribution in [0.2, 0.25) is 0 Å². The minimum absolute atomic E-state index is 0.172. The lowest BCUT2D eigenvalue weighted by Crippen LogP contribution is -2.33. The highest BCUT2D eigenvalue weighted by molar-refractivity contribution is 7.80. The molecule has 2 heterocycles. The second-order valence-corrected chi connectivity index (χ2v) is 7.54. The summed E-state index contributed by atoms with van der Waals surface area (Å²) in [5.41, 5.74) is 1.16. The van der Waals surface area contributed by atoms with Crippen molar-refractivity contribution in [2.45, 2.75) is 0 Å². The number of carbonyl (C=O) groups excluding carboxylic acids is 2. The molecule has 6 nitrogen and oxygen atoms in total. The van der Waals surface area contributed by atoms with Crippen LogP contribution in [-0.4, -0.2) is 24.0 Å². The molecule has 0 spiro atoms. The fraction of sp³-hybridized carbons (Fsp3) is 0.0556. The number of methoxy groups -OCH3 is 1. The molecule has 0 aliphatic rings. The molecule has 138 valence electrons. The van der Waals surface area contributed by atoms with E-state index in [1.54, 1.807) is 36.4 Å². The van der Waals surface area contributed by atoms with Crippen molar-refractivity contribution >= 4 is 63.2 Å². The van der Waals surface area contributed by atoms with E-state index in [1.807, 2.05) is 16.8 Å². The molecule has 0 atom stereocenters. The predicted octanol–water partition coefficient (Wildman–Crippen LogP) is 4.20. The zero-order valence-electron chi connectivity index (χ0n) is 14.1. The van der Waals surface area contributed by atoms with E-state index in [0.717, 1.165) is 0 Å². The first-order chi connectivity index (χ1) is 13.1. The van der Waals surface area contributed by atoms with Crippen molar-refractivity contribution in [1.82, 2.24) is 5.32 Å². The van der Waals surface area contributed by atoms with Crippen molar-refractivity contribution in [2.24, 2.45) is 0 Å². The molecule has 0 bridgehead atoms. The minimum atomic E-state index is -0.269. The van der Waals surface area contributed by atoms with Gasteiger partial charge in [0.2, 0.25) is 0 Å². The number of nitrogens with one attached hydrogen (secondary N) is 3. The molecule has 9 heteroatoms. The quantitative estimate of drug-likeness (QED) is 0.542. The molecule has 0 aliphatic carbocycles. The highest BCUT2D eigenvalue weighted by atomic mass is 32.1. The van der Waals surface area contributed by atoms with E-state index in [1.165, 1.54) is 29.8 Å². The molecule has 0 unspecified atom stereocenters. The van der Waals surface area contributed by atoms with Crippen molar-refractivity contribution in [3.63, 3.8) is 0 Å². The van der Waals surface area contributed by atoms with Gasteiger partial charge in [-0.15, -0.1) is 22.7 Å². The summed E-state index contributed by atoms with van der Waals surface area (Å²) in [5.74, 6) is -0.00525. The van der Waals surface area contributed by atoms with E-state index in [-0.39, 0.29) is 16.9 Å². The first-order valence-corrected chi connectivity index (χ1v) is 9.92. The molecule has 3 N–H and O–H groups in total. The Bertz CT molecular complexity index is 954. The highest BCUT2D eigenvalue weighted by Gasteiger charge is 2.13. The number of rotatable bonds is 5. The van der Waals surface area contributed by atoms with Crippen LogP contribution in [0.3, 0.4) is 0 Å². The standard InChI is InChI=1S/C18H15N3O3S3/c1-24-13-10-11(19-18(25)21-17(23)15-5-3-9-27-15)6-7-12(13)20-16(22)14-4-2-8-26-14/h2-10H,1H3,(H,20,22)(H2,19,21,23,25). The maximum absolute atomic E-state index is 12.2. The van der Waals surface area contributed by atoms with Gasteiger partial charge < -0.3 is 15.4 Å². The molecular weight excluding hydrogens is 402 g/mol. The molecule has 3 rings (SSSR count). The monoisotopic (exact) mass is 417 g/mol. The largest absolute Gasteiger partial charge is 0.494 e. The van der Waals surface area contributed by atoms with Gasteiger partial charge in [-0.2, -0.15) is 0 Å². The van der Waals surface area contributed by atoms with Crippen LogP contribution in [0.25, 0.3) is 0 Å². The molecule has 0 aliphatic heterocycles. The summed E-state index contributed by atoms with van der Waals surface area (Å²) in [5, 5.41) is 12.2.